The highest BCUT2D eigenvalue weighted by molar-refractivity contribution is 5.04. The average molecular weight is 134 g/mol. The Balaban J connectivity index is 3.65. The summed E-state index contributed by atoms with van der Waals surface area (Å²) >= 11 is 0. The third-order valence-corrected chi connectivity index (χ3v) is 0.953. The maximum absolute atomic E-state index is 3.77. The zero-order chi connectivity index (χ0) is 7.82. The van der Waals surface area contributed by atoms with E-state index < -0.39 is 0 Å². The largest absolute Gasteiger partial charge is 0.125 e. The molecule has 0 unspecified atom stereocenters. The van der Waals surface area contributed by atoms with Crippen LogP contribution in [-0.4, -0.2) is 0 Å². The third kappa shape index (κ3) is 7.00. The summed E-state index contributed by atoms with van der Waals surface area (Å²) in [6.45, 7) is 7.76. The fourth-order valence-electron chi connectivity index (χ4n) is 0.453. The summed E-state index contributed by atoms with van der Waals surface area (Å²) in [5, 5.41) is 0. The summed E-state index contributed by atoms with van der Waals surface area (Å²) in [5.74, 6) is 0. The minimum Gasteiger partial charge on any atom is -0.125 e. The molecule has 0 bridgehead atoms. The molecule has 0 heterocycles. The molecule has 54 valence electrons. The lowest BCUT2D eigenvalue weighted by molar-refractivity contribution is 1.23. The molecular formula is C10H14. The van der Waals surface area contributed by atoms with Crippen molar-refractivity contribution in [2.24, 2.45) is 0 Å². The average Bonchev–Trinajstić information content (AvgIpc) is 1.87. The summed E-state index contributed by atoms with van der Waals surface area (Å²) in [6, 6.07) is 0. The van der Waals surface area contributed by atoms with E-state index >= 15 is 0 Å². The van der Waals surface area contributed by atoms with Gasteiger partial charge in [-0.1, -0.05) is 24.3 Å². The van der Waals surface area contributed by atoms with Crippen molar-refractivity contribution in [2.45, 2.75) is 20.3 Å². The minimum atomic E-state index is 0.925. The van der Waals surface area contributed by atoms with E-state index in [1.54, 1.807) is 0 Å². The van der Waals surface area contributed by atoms with Crippen LogP contribution in [-0.2, 0) is 0 Å². The van der Waals surface area contributed by atoms with Gasteiger partial charge in [0.05, 0.1) is 0 Å². The first-order chi connectivity index (χ1) is 4.77. The van der Waals surface area contributed by atoms with Crippen LogP contribution in [0.3, 0.4) is 0 Å². The lowest BCUT2D eigenvalue weighted by atomic mass is 10.2. The second kappa shape index (κ2) is 6.12. The molecule has 10 heavy (non-hydrogen) atoms. The van der Waals surface area contributed by atoms with Crippen molar-refractivity contribution in [2.75, 3.05) is 0 Å². The quantitative estimate of drug-likeness (QED) is 0.316. The molecule has 0 radical (unpaired) electrons. The van der Waals surface area contributed by atoms with Crippen LogP contribution in [0.25, 0.3) is 0 Å². The lowest BCUT2D eigenvalue weighted by Crippen LogP contribution is -1.63. The Morgan fingerprint density at radius 1 is 1.60 bits per heavy atom. The predicted octanol–water partition coefficient (Wildman–Crippen LogP) is 3.24. The van der Waals surface area contributed by atoms with Gasteiger partial charge < -0.3 is 0 Å². The highest BCUT2D eigenvalue weighted by Gasteiger charge is 1.74. The second-order valence-corrected chi connectivity index (χ2v) is 2.22. The van der Waals surface area contributed by atoms with Gasteiger partial charge in [0.15, 0.2) is 0 Å². The van der Waals surface area contributed by atoms with Gasteiger partial charge in [-0.3, -0.25) is 0 Å². The van der Waals surface area contributed by atoms with E-state index in [-0.39, 0.29) is 0 Å². The molecule has 0 heteroatoms. The molecule has 0 aromatic carbocycles. The zero-order valence-electron chi connectivity index (χ0n) is 6.72. The van der Waals surface area contributed by atoms with Gasteiger partial charge in [0.1, 0.15) is 0 Å². The Labute approximate surface area is 63.3 Å². The predicted molar refractivity (Wildman–Crippen MR) is 46.9 cm³/mol. The summed E-state index contributed by atoms with van der Waals surface area (Å²) in [4.78, 5) is 0. The highest BCUT2D eigenvalue weighted by atomic mass is 13.8. The van der Waals surface area contributed by atoms with Gasteiger partial charge in [-0.15, -0.1) is 5.73 Å². The monoisotopic (exact) mass is 134 g/mol. The number of allylic oxidation sites excluding steroid dienone is 4. The standard InChI is InChI=1S/C10H14/c1-4-5-6-7-8-9-10(2)3/h4-6,8H,2,9H2,1,3H3/b5-4-. The molecule has 0 aromatic rings. The number of rotatable bonds is 3. The molecule has 0 N–H and O–H groups in total. The molecule has 0 saturated carbocycles. The maximum Gasteiger partial charge on any atom is -0.00681 e. The molecule has 0 aromatic heterocycles. The Morgan fingerprint density at radius 3 is 2.80 bits per heavy atom. The van der Waals surface area contributed by atoms with E-state index in [1.807, 2.05) is 38.2 Å². The molecule has 0 nitrogen and oxygen atoms in total. The van der Waals surface area contributed by atoms with E-state index in [0.717, 1.165) is 6.42 Å². The minimum absolute atomic E-state index is 0.925. The molecule has 0 fully saturated rings. The summed E-state index contributed by atoms with van der Waals surface area (Å²) in [7, 11) is 0. The Hall–Kier alpha value is -1.00. The summed E-state index contributed by atoms with van der Waals surface area (Å²) in [5.41, 5.74) is 4.19. The van der Waals surface area contributed by atoms with Crippen molar-refractivity contribution in [3.8, 4) is 0 Å². The maximum atomic E-state index is 3.77. The van der Waals surface area contributed by atoms with Gasteiger partial charge in [0.2, 0.25) is 0 Å². The first-order valence-corrected chi connectivity index (χ1v) is 3.44. The van der Waals surface area contributed by atoms with Crippen molar-refractivity contribution in [3.63, 3.8) is 0 Å². The lowest BCUT2D eigenvalue weighted by Gasteiger charge is -1.83. The molecule has 0 aliphatic rings. The van der Waals surface area contributed by atoms with Crippen molar-refractivity contribution in [1.82, 2.24) is 0 Å². The first kappa shape index (κ1) is 9.00. The molecule has 0 aliphatic carbocycles. The molecule has 0 spiro atoms. The smallest absolute Gasteiger partial charge is 0.00681 e. The van der Waals surface area contributed by atoms with Crippen LogP contribution >= 0.6 is 0 Å². The molecule has 0 saturated heterocycles. The van der Waals surface area contributed by atoms with Crippen LogP contribution in [0.1, 0.15) is 20.3 Å². The third-order valence-electron chi connectivity index (χ3n) is 0.953. The topological polar surface area (TPSA) is 0 Å². The first-order valence-electron chi connectivity index (χ1n) is 3.44. The van der Waals surface area contributed by atoms with Crippen molar-refractivity contribution in [1.29, 1.82) is 0 Å². The number of hydrogen-bond donors (Lipinski definition) is 0. The normalized spacial score (nSPS) is 9.00. The van der Waals surface area contributed by atoms with Crippen LogP contribution in [0.4, 0.5) is 0 Å². The molecule has 0 atom stereocenters. The Morgan fingerprint density at radius 2 is 2.30 bits per heavy atom. The van der Waals surface area contributed by atoms with E-state index in [1.165, 1.54) is 5.57 Å². The summed E-state index contributed by atoms with van der Waals surface area (Å²) in [6.07, 6.45) is 8.72. The molecule has 0 rings (SSSR count). The van der Waals surface area contributed by atoms with Crippen LogP contribution in [0, 0.1) is 0 Å². The van der Waals surface area contributed by atoms with Crippen molar-refractivity contribution >= 4 is 0 Å². The van der Waals surface area contributed by atoms with E-state index in [9.17, 15) is 0 Å². The molecule has 0 aliphatic heterocycles. The molecular weight excluding hydrogens is 120 g/mol. The van der Waals surface area contributed by atoms with Crippen molar-refractivity contribution in [3.05, 3.63) is 42.2 Å². The Kier molecular flexibility index (Phi) is 5.51. The SMILES string of the molecule is C=C(C)CC=C=C/C=C\C. The van der Waals surface area contributed by atoms with Crippen LogP contribution in [0.2, 0.25) is 0 Å². The Bertz CT molecular complexity index is 176. The number of hydrogen-bond acceptors (Lipinski definition) is 0. The summed E-state index contributed by atoms with van der Waals surface area (Å²) < 4.78 is 0. The van der Waals surface area contributed by atoms with Crippen LogP contribution in [0.5, 0.6) is 0 Å². The van der Waals surface area contributed by atoms with E-state index in [2.05, 4.69) is 12.3 Å². The van der Waals surface area contributed by atoms with Crippen molar-refractivity contribution < 1.29 is 0 Å². The van der Waals surface area contributed by atoms with Crippen LogP contribution < -0.4 is 0 Å². The van der Waals surface area contributed by atoms with Gasteiger partial charge in [0, 0.05) is 0 Å². The van der Waals surface area contributed by atoms with Gasteiger partial charge in [-0.05, 0) is 32.4 Å². The van der Waals surface area contributed by atoms with Gasteiger partial charge in [-0.2, -0.15) is 0 Å². The van der Waals surface area contributed by atoms with Gasteiger partial charge in [-0.25, -0.2) is 0 Å². The van der Waals surface area contributed by atoms with Gasteiger partial charge in [0.25, 0.3) is 0 Å². The fourth-order valence-corrected chi connectivity index (χ4v) is 0.453. The van der Waals surface area contributed by atoms with Gasteiger partial charge >= 0.3 is 0 Å². The van der Waals surface area contributed by atoms with Crippen LogP contribution in [0.15, 0.2) is 42.2 Å². The highest BCUT2D eigenvalue weighted by Crippen LogP contribution is 1.94. The second-order valence-electron chi connectivity index (χ2n) is 2.22. The van der Waals surface area contributed by atoms with E-state index in [0.29, 0.717) is 0 Å². The zero-order valence-corrected chi connectivity index (χ0v) is 6.72. The fraction of sp³-hybridized carbons (Fsp3) is 0.300. The molecule has 0 amide bonds. The van der Waals surface area contributed by atoms with E-state index in [4.69, 9.17) is 0 Å².